The fraction of sp³-hybridized carbons (Fsp3) is 0.241. The third kappa shape index (κ3) is 4.67. The molecule has 0 spiro atoms. The van der Waals surface area contributed by atoms with Crippen LogP contribution in [-0.2, 0) is 15.0 Å². The van der Waals surface area contributed by atoms with Crippen molar-refractivity contribution in [2.24, 2.45) is 0 Å². The predicted molar refractivity (Wildman–Crippen MR) is 146 cm³/mol. The Morgan fingerprint density at radius 2 is 1.51 bits per heavy atom. The van der Waals surface area contributed by atoms with Gasteiger partial charge < -0.3 is 14.6 Å². The van der Waals surface area contributed by atoms with E-state index in [1.165, 1.54) is 25.2 Å². The van der Waals surface area contributed by atoms with Gasteiger partial charge in [0.15, 0.2) is 11.5 Å². The molecule has 0 saturated carbocycles. The lowest BCUT2D eigenvalue weighted by molar-refractivity contribution is -0.132. The second-order valence-electron chi connectivity index (χ2n) is 9.66. The Morgan fingerprint density at radius 1 is 0.919 bits per heavy atom. The molecule has 1 aliphatic rings. The van der Waals surface area contributed by atoms with Crippen LogP contribution < -0.4 is 14.4 Å². The van der Waals surface area contributed by atoms with Crippen LogP contribution in [0.2, 0.25) is 10.0 Å². The summed E-state index contributed by atoms with van der Waals surface area (Å²) in [5.74, 6) is -1.83. The van der Waals surface area contributed by atoms with Crippen LogP contribution in [0.4, 0.5) is 5.69 Å². The number of ketones is 1. The molecule has 0 aromatic heterocycles. The van der Waals surface area contributed by atoms with E-state index in [9.17, 15) is 14.7 Å². The summed E-state index contributed by atoms with van der Waals surface area (Å²) in [7, 11) is 2.77. The Kier molecular flexibility index (Phi) is 7.27. The highest BCUT2D eigenvalue weighted by Gasteiger charge is 2.47. The predicted octanol–water partition coefficient (Wildman–Crippen LogP) is 6.93. The minimum absolute atomic E-state index is 0.0300. The number of anilines is 1. The van der Waals surface area contributed by atoms with Gasteiger partial charge in [0.2, 0.25) is 0 Å². The van der Waals surface area contributed by atoms with Crippen molar-refractivity contribution in [2.45, 2.75) is 32.2 Å². The van der Waals surface area contributed by atoms with Crippen LogP contribution in [-0.4, -0.2) is 31.0 Å². The maximum Gasteiger partial charge on any atom is 0.300 e. The lowest BCUT2D eigenvalue weighted by atomic mass is 9.85. The molecule has 8 heteroatoms. The summed E-state index contributed by atoms with van der Waals surface area (Å²) in [6.07, 6.45) is 0. The molecule has 1 unspecified atom stereocenters. The Hall–Kier alpha value is -3.48. The van der Waals surface area contributed by atoms with E-state index in [0.717, 1.165) is 5.56 Å². The number of rotatable bonds is 5. The van der Waals surface area contributed by atoms with Crippen molar-refractivity contribution in [1.29, 1.82) is 0 Å². The van der Waals surface area contributed by atoms with E-state index in [0.29, 0.717) is 11.3 Å². The fourth-order valence-corrected chi connectivity index (χ4v) is 5.15. The van der Waals surface area contributed by atoms with Crippen LogP contribution in [0.25, 0.3) is 5.76 Å². The molecule has 6 nitrogen and oxygen atoms in total. The molecule has 1 saturated heterocycles. The number of nitrogens with zero attached hydrogens (tertiary/aromatic N) is 1. The Morgan fingerprint density at radius 3 is 2.05 bits per heavy atom. The number of methoxy groups -OCH3 is 2. The Labute approximate surface area is 226 Å². The highest BCUT2D eigenvalue weighted by atomic mass is 35.5. The number of carbonyl (C=O) groups is 2. The molecule has 1 fully saturated rings. The third-order valence-electron chi connectivity index (χ3n) is 6.37. The first kappa shape index (κ1) is 26.6. The number of para-hydroxylation sites is 1. The smallest absolute Gasteiger partial charge is 0.300 e. The second-order valence-corrected chi connectivity index (χ2v) is 10.4. The molecule has 1 atom stereocenters. The first-order valence-corrected chi connectivity index (χ1v) is 12.3. The van der Waals surface area contributed by atoms with Crippen molar-refractivity contribution < 1.29 is 24.2 Å². The third-order valence-corrected chi connectivity index (χ3v) is 6.99. The Bertz CT molecular complexity index is 1390. The molecule has 0 radical (unpaired) electrons. The van der Waals surface area contributed by atoms with Gasteiger partial charge in [-0.1, -0.05) is 86.4 Å². The lowest BCUT2D eigenvalue weighted by Crippen LogP contribution is -2.29. The van der Waals surface area contributed by atoms with Gasteiger partial charge in [-0.15, -0.1) is 0 Å². The maximum absolute atomic E-state index is 13.5. The van der Waals surface area contributed by atoms with Crippen molar-refractivity contribution in [2.75, 3.05) is 19.1 Å². The van der Waals surface area contributed by atoms with Gasteiger partial charge in [-0.2, -0.15) is 0 Å². The first-order valence-electron chi connectivity index (χ1n) is 11.6. The van der Waals surface area contributed by atoms with Crippen molar-refractivity contribution in [1.82, 2.24) is 0 Å². The van der Waals surface area contributed by atoms with E-state index in [4.69, 9.17) is 32.7 Å². The van der Waals surface area contributed by atoms with Crippen LogP contribution in [0.3, 0.4) is 0 Å². The number of aliphatic hydroxyl groups excluding tert-OH is 1. The molecule has 3 aromatic rings. The van der Waals surface area contributed by atoms with E-state index in [1.807, 2.05) is 30.3 Å². The molecule has 0 aliphatic carbocycles. The van der Waals surface area contributed by atoms with Crippen molar-refractivity contribution in [3.05, 3.63) is 93.0 Å². The van der Waals surface area contributed by atoms with E-state index in [-0.39, 0.29) is 38.1 Å². The number of halogens is 2. The molecule has 1 N–H and O–H groups in total. The number of ether oxygens (including phenoxy) is 2. The van der Waals surface area contributed by atoms with Crippen molar-refractivity contribution in [3.63, 3.8) is 0 Å². The molecule has 0 bridgehead atoms. The van der Waals surface area contributed by atoms with Gasteiger partial charge in [-0.05, 0) is 34.7 Å². The monoisotopic (exact) mass is 539 g/mol. The van der Waals surface area contributed by atoms with E-state index >= 15 is 0 Å². The van der Waals surface area contributed by atoms with Crippen LogP contribution in [0, 0.1) is 0 Å². The minimum atomic E-state index is -0.902. The van der Waals surface area contributed by atoms with Crippen molar-refractivity contribution in [3.8, 4) is 11.5 Å². The van der Waals surface area contributed by atoms with Crippen LogP contribution in [0.5, 0.6) is 11.5 Å². The van der Waals surface area contributed by atoms with Gasteiger partial charge in [-0.25, -0.2) is 0 Å². The molecular weight excluding hydrogens is 513 g/mol. The molecule has 37 heavy (non-hydrogen) atoms. The normalized spacial score (nSPS) is 17.3. The van der Waals surface area contributed by atoms with E-state index < -0.39 is 23.5 Å². The number of hydrogen-bond donors (Lipinski definition) is 1. The number of Topliss-reactive ketones (excluding diaryl/α,β-unsaturated/α-hetero) is 1. The number of carbonyl (C=O) groups excluding carboxylic acids is 2. The van der Waals surface area contributed by atoms with Crippen LogP contribution in [0.1, 0.15) is 43.5 Å². The zero-order valence-corrected chi connectivity index (χ0v) is 22.6. The zero-order valence-electron chi connectivity index (χ0n) is 21.1. The largest absolute Gasteiger partial charge is 0.507 e. The van der Waals surface area contributed by atoms with Crippen LogP contribution >= 0.6 is 23.2 Å². The quantitative estimate of drug-likeness (QED) is 0.216. The van der Waals surface area contributed by atoms with Crippen LogP contribution in [0.15, 0.2) is 66.2 Å². The first-order chi connectivity index (χ1) is 17.5. The van der Waals surface area contributed by atoms with Crippen molar-refractivity contribution >= 4 is 46.3 Å². The van der Waals surface area contributed by atoms with Gasteiger partial charge >= 0.3 is 0 Å². The summed E-state index contributed by atoms with van der Waals surface area (Å²) in [6.45, 7) is 6.30. The topological polar surface area (TPSA) is 76.1 Å². The molecule has 1 aliphatic heterocycles. The molecule has 1 amide bonds. The average molecular weight is 540 g/mol. The molecule has 1 heterocycles. The summed E-state index contributed by atoms with van der Waals surface area (Å²) in [5, 5.41) is 11.7. The zero-order chi connectivity index (χ0) is 27.1. The molecule has 192 valence electrons. The number of hydrogen-bond acceptors (Lipinski definition) is 5. The fourth-order valence-electron chi connectivity index (χ4n) is 4.46. The number of benzene rings is 3. The Balaban J connectivity index is 2.00. The number of amides is 1. The van der Waals surface area contributed by atoms with E-state index in [1.54, 1.807) is 24.3 Å². The van der Waals surface area contributed by atoms with E-state index in [2.05, 4.69) is 20.8 Å². The number of aliphatic hydroxyl groups is 1. The summed E-state index contributed by atoms with van der Waals surface area (Å²) in [6, 6.07) is 17.0. The highest BCUT2D eigenvalue weighted by molar-refractivity contribution is 6.52. The summed E-state index contributed by atoms with van der Waals surface area (Å²) in [5.41, 5.74) is 2.13. The van der Waals surface area contributed by atoms with Gasteiger partial charge in [0, 0.05) is 5.69 Å². The minimum Gasteiger partial charge on any atom is -0.507 e. The molecule has 3 aromatic carbocycles. The van der Waals surface area contributed by atoms with Gasteiger partial charge in [0.1, 0.15) is 10.8 Å². The summed E-state index contributed by atoms with van der Waals surface area (Å²) < 4.78 is 10.7. The second kappa shape index (κ2) is 10.1. The van der Waals surface area contributed by atoms with Gasteiger partial charge in [0.25, 0.3) is 11.7 Å². The van der Waals surface area contributed by atoms with Gasteiger partial charge in [0.05, 0.1) is 36.4 Å². The SMILES string of the molecule is COc1c(Cl)cc(/C(O)=C2\C(=O)C(=O)N(c3ccccc3)C2c2ccc(C(C)(C)C)cc2)c(OC)c1Cl. The average Bonchev–Trinajstić information content (AvgIpc) is 3.14. The standard InChI is InChI=1S/C29H27Cl2NO5/c1-29(2,3)17-13-11-16(12-14-17)23-21(25(34)28(35)32(23)18-9-7-6-8-10-18)24(33)19-15-20(30)27(37-5)22(31)26(19)36-4/h6-15,23,33H,1-5H3/b24-21+. The van der Waals surface area contributed by atoms with Gasteiger partial charge in [-0.3, -0.25) is 14.5 Å². The summed E-state index contributed by atoms with van der Waals surface area (Å²) in [4.78, 5) is 28.2. The molecule has 4 rings (SSSR count). The summed E-state index contributed by atoms with van der Waals surface area (Å²) >= 11 is 12.8. The highest BCUT2D eigenvalue weighted by Crippen LogP contribution is 2.48. The maximum atomic E-state index is 13.5. The lowest BCUT2D eigenvalue weighted by Gasteiger charge is -2.27. The molecular formula is C29H27Cl2NO5.